The maximum atomic E-state index is 13.5. The van der Waals surface area contributed by atoms with E-state index in [1.165, 1.54) is 16.8 Å². The first-order valence-electron chi connectivity index (χ1n) is 11.7. The Labute approximate surface area is 231 Å². The summed E-state index contributed by atoms with van der Waals surface area (Å²) in [5, 5.41) is 5.02. The molecule has 0 bridgehead atoms. The van der Waals surface area contributed by atoms with Crippen LogP contribution in [-0.2, 0) is 12.0 Å². The largest absolute Gasteiger partial charge is 0.490 e. The highest BCUT2D eigenvalue weighted by Gasteiger charge is 2.23. The minimum Gasteiger partial charge on any atom is -0.490 e. The van der Waals surface area contributed by atoms with Crippen LogP contribution in [0.4, 0.5) is 4.39 Å². The molecule has 0 unspecified atom stereocenters. The predicted octanol–water partition coefficient (Wildman–Crippen LogP) is 7.22. The number of fused-ring (bicyclic) bond motifs is 1. The van der Waals surface area contributed by atoms with Gasteiger partial charge < -0.3 is 9.47 Å². The average molecular weight is 631 g/mol. The number of hydrogen-bond donors (Lipinski definition) is 0. The molecule has 4 rings (SSSR count). The van der Waals surface area contributed by atoms with Gasteiger partial charge in [-0.25, -0.2) is 9.37 Å². The number of halogens is 3. The van der Waals surface area contributed by atoms with Crippen LogP contribution < -0.4 is 15.0 Å². The monoisotopic (exact) mass is 629 g/mol. The lowest BCUT2D eigenvalue weighted by Gasteiger charge is -2.21. The summed E-state index contributed by atoms with van der Waals surface area (Å²) >= 11 is 7.00. The summed E-state index contributed by atoms with van der Waals surface area (Å²) in [6.07, 6.45) is 1.59. The first-order valence-corrected chi connectivity index (χ1v) is 13.3. The fourth-order valence-electron chi connectivity index (χ4n) is 3.68. The second-order valence-electron chi connectivity index (χ2n) is 9.38. The molecule has 3 aromatic carbocycles. The molecule has 192 valence electrons. The topological polar surface area (TPSA) is 65.7 Å². The lowest BCUT2D eigenvalue weighted by atomic mass is 9.95. The molecule has 0 saturated heterocycles. The number of benzene rings is 3. The van der Waals surface area contributed by atoms with Gasteiger partial charge in [-0.1, -0.05) is 48.8 Å². The average Bonchev–Trinajstić information content (AvgIpc) is 2.83. The highest BCUT2D eigenvalue weighted by molar-refractivity contribution is 9.10. The van der Waals surface area contributed by atoms with Crippen molar-refractivity contribution in [3.8, 4) is 11.5 Å². The number of aromatic nitrogens is 2. The second kappa shape index (κ2) is 11.1. The van der Waals surface area contributed by atoms with Gasteiger partial charge in [0.2, 0.25) is 0 Å². The fourth-order valence-corrected chi connectivity index (χ4v) is 4.47. The van der Waals surface area contributed by atoms with Crippen LogP contribution in [0, 0.1) is 5.82 Å². The Kier molecular flexibility index (Phi) is 8.14. The molecule has 0 saturated carbocycles. The molecular weight excluding hydrogens is 605 g/mol. The Morgan fingerprint density at radius 2 is 1.81 bits per heavy atom. The molecule has 0 radical (unpaired) electrons. The van der Waals surface area contributed by atoms with Crippen LogP contribution in [0.25, 0.3) is 10.9 Å². The van der Waals surface area contributed by atoms with Gasteiger partial charge in [0.05, 0.1) is 23.7 Å². The minimum atomic E-state index is -0.430. The van der Waals surface area contributed by atoms with E-state index < -0.39 is 5.41 Å². The first-order chi connectivity index (χ1) is 17.6. The van der Waals surface area contributed by atoms with Crippen LogP contribution in [0.3, 0.4) is 0 Å². The van der Waals surface area contributed by atoms with E-state index in [9.17, 15) is 9.18 Å². The third kappa shape index (κ3) is 6.27. The lowest BCUT2D eigenvalue weighted by Crippen LogP contribution is -2.29. The molecule has 0 fully saturated rings. The Morgan fingerprint density at radius 1 is 1.05 bits per heavy atom. The van der Waals surface area contributed by atoms with Gasteiger partial charge in [0, 0.05) is 19.9 Å². The molecule has 37 heavy (non-hydrogen) atoms. The van der Waals surface area contributed by atoms with Crippen molar-refractivity contribution in [2.45, 2.75) is 39.7 Å². The van der Waals surface area contributed by atoms with Crippen molar-refractivity contribution in [3.05, 3.63) is 96.7 Å². The van der Waals surface area contributed by atoms with E-state index in [0.717, 1.165) is 4.47 Å². The summed E-state index contributed by atoms with van der Waals surface area (Å²) in [6.45, 7) is 8.43. The zero-order valence-electron chi connectivity index (χ0n) is 20.9. The number of nitrogens with zero attached hydrogens (tertiary/aromatic N) is 3. The lowest BCUT2D eigenvalue weighted by molar-refractivity contribution is 0.269. The molecule has 1 heterocycles. The van der Waals surface area contributed by atoms with E-state index >= 15 is 0 Å². The van der Waals surface area contributed by atoms with Gasteiger partial charge in [-0.05, 0) is 70.9 Å². The quantitative estimate of drug-likeness (QED) is 0.202. The Hall–Kier alpha value is -3.04. The van der Waals surface area contributed by atoms with E-state index in [-0.39, 0.29) is 18.0 Å². The third-order valence-corrected chi connectivity index (χ3v) is 6.62. The van der Waals surface area contributed by atoms with E-state index in [4.69, 9.17) is 14.5 Å². The standard InChI is InChI=1S/C28H26Br2FN3O3/c1-5-36-24-12-18(22(30)14-25(24)37-16-17-7-6-8-20(31)11-17)15-32-34-26(35)21-13-19(29)9-10-23(21)33-27(34)28(2,3)4/h6-15H,5,16H2,1-4H3. The zero-order chi connectivity index (χ0) is 26.7. The van der Waals surface area contributed by atoms with Gasteiger partial charge in [-0.15, -0.1) is 0 Å². The summed E-state index contributed by atoms with van der Waals surface area (Å²) in [7, 11) is 0. The van der Waals surface area contributed by atoms with Crippen molar-refractivity contribution in [3.63, 3.8) is 0 Å². The fraction of sp³-hybridized carbons (Fsp3) is 0.250. The van der Waals surface area contributed by atoms with Crippen LogP contribution in [0.2, 0.25) is 0 Å². The Balaban J connectivity index is 1.73. The van der Waals surface area contributed by atoms with Gasteiger partial charge in [0.15, 0.2) is 11.5 Å². The maximum absolute atomic E-state index is 13.5. The van der Waals surface area contributed by atoms with E-state index in [1.807, 2.05) is 39.8 Å². The molecule has 9 heteroatoms. The molecule has 0 amide bonds. The molecule has 0 aliphatic rings. The van der Waals surface area contributed by atoms with Gasteiger partial charge in [-0.3, -0.25) is 4.79 Å². The number of rotatable bonds is 7. The molecule has 0 atom stereocenters. The van der Waals surface area contributed by atoms with Gasteiger partial charge in [0.25, 0.3) is 5.56 Å². The number of ether oxygens (including phenoxy) is 2. The van der Waals surface area contributed by atoms with Crippen molar-refractivity contribution in [2.24, 2.45) is 5.10 Å². The van der Waals surface area contributed by atoms with Crippen LogP contribution in [-0.4, -0.2) is 22.5 Å². The van der Waals surface area contributed by atoms with E-state index in [2.05, 4.69) is 37.0 Å². The van der Waals surface area contributed by atoms with Gasteiger partial charge >= 0.3 is 0 Å². The molecular formula is C28H26Br2FN3O3. The zero-order valence-corrected chi connectivity index (χ0v) is 24.1. The van der Waals surface area contributed by atoms with Crippen LogP contribution >= 0.6 is 31.9 Å². The van der Waals surface area contributed by atoms with Crippen molar-refractivity contribution in [1.29, 1.82) is 0 Å². The first kappa shape index (κ1) is 27.0. The van der Waals surface area contributed by atoms with Crippen LogP contribution in [0.15, 0.2) is 73.4 Å². The molecule has 1 aromatic heterocycles. The highest BCUT2D eigenvalue weighted by Crippen LogP contribution is 2.34. The van der Waals surface area contributed by atoms with Gasteiger partial charge in [0.1, 0.15) is 18.2 Å². The highest BCUT2D eigenvalue weighted by atomic mass is 79.9. The Morgan fingerprint density at radius 3 is 2.51 bits per heavy atom. The van der Waals surface area contributed by atoms with E-state index in [0.29, 0.717) is 50.4 Å². The molecule has 0 N–H and O–H groups in total. The van der Waals surface area contributed by atoms with E-state index in [1.54, 1.807) is 36.5 Å². The van der Waals surface area contributed by atoms with Crippen molar-refractivity contribution < 1.29 is 13.9 Å². The number of hydrogen-bond acceptors (Lipinski definition) is 5. The second-order valence-corrected chi connectivity index (χ2v) is 11.2. The van der Waals surface area contributed by atoms with Crippen LogP contribution in [0.5, 0.6) is 11.5 Å². The minimum absolute atomic E-state index is 0.181. The molecule has 0 spiro atoms. The summed E-state index contributed by atoms with van der Waals surface area (Å²) < 4.78 is 28.1. The molecule has 6 nitrogen and oxygen atoms in total. The summed E-state index contributed by atoms with van der Waals surface area (Å²) in [5.41, 5.74) is 1.31. The third-order valence-electron chi connectivity index (χ3n) is 5.44. The maximum Gasteiger partial charge on any atom is 0.282 e. The molecule has 0 aliphatic heterocycles. The Bertz CT molecular complexity index is 1540. The SMILES string of the molecule is CCOc1cc(C=Nn2c(C(C)(C)C)nc3ccc(Br)cc3c2=O)c(Br)cc1OCc1cccc(F)c1. The summed E-state index contributed by atoms with van der Waals surface area (Å²) in [4.78, 5) is 18.2. The van der Waals surface area contributed by atoms with Crippen molar-refractivity contribution in [1.82, 2.24) is 9.66 Å². The predicted molar refractivity (Wildman–Crippen MR) is 151 cm³/mol. The summed E-state index contributed by atoms with van der Waals surface area (Å²) in [6, 6.07) is 15.2. The van der Waals surface area contributed by atoms with Crippen molar-refractivity contribution in [2.75, 3.05) is 6.61 Å². The smallest absolute Gasteiger partial charge is 0.282 e. The molecule has 4 aromatic rings. The summed E-state index contributed by atoms with van der Waals surface area (Å²) in [5.74, 6) is 1.23. The normalized spacial score (nSPS) is 11.9. The molecule has 0 aliphatic carbocycles. The van der Waals surface area contributed by atoms with Crippen molar-refractivity contribution >= 4 is 49.0 Å². The van der Waals surface area contributed by atoms with Crippen LogP contribution in [0.1, 0.15) is 44.6 Å². The van der Waals surface area contributed by atoms with Gasteiger partial charge in [-0.2, -0.15) is 9.78 Å².